The molecule has 1 N–H and O–H groups in total. The molecule has 7 heteroatoms. The monoisotopic (exact) mass is 265 g/mol. The Morgan fingerprint density at radius 1 is 1.50 bits per heavy atom. The van der Waals surface area contributed by atoms with Gasteiger partial charge in [0.1, 0.15) is 10.1 Å². The molecule has 0 aliphatic carbocycles. The molecule has 0 atom stereocenters. The predicted molar refractivity (Wildman–Crippen MR) is 60.7 cm³/mol. The number of rotatable bonds is 3. The van der Waals surface area contributed by atoms with Crippen LogP contribution < -0.4 is 5.56 Å². The lowest BCUT2D eigenvalue weighted by molar-refractivity contribution is 0.394. The summed E-state index contributed by atoms with van der Waals surface area (Å²) in [6.45, 7) is 3.27. The fraction of sp³-hybridized carbons (Fsp3) is 0.444. The Morgan fingerprint density at radius 2 is 2.06 bits per heavy atom. The number of pyridine rings is 1. The van der Waals surface area contributed by atoms with Gasteiger partial charge in [-0.15, -0.1) is 11.6 Å². The molecule has 0 aliphatic rings. The first-order valence-corrected chi connectivity index (χ1v) is 6.76. The van der Waals surface area contributed by atoms with Crippen LogP contribution in [0, 0.1) is 6.92 Å². The molecule has 0 spiro atoms. The van der Waals surface area contributed by atoms with Gasteiger partial charge < -0.3 is 5.11 Å². The Bertz CT molecular complexity index is 562. The second-order valence-corrected chi connectivity index (χ2v) is 5.80. The van der Waals surface area contributed by atoms with Crippen LogP contribution in [0.25, 0.3) is 0 Å². The van der Waals surface area contributed by atoms with Gasteiger partial charge in [-0.1, -0.05) is 0 Å². The van der Waals surface area contributed by atoms with E-state index in [1.165, 1.54) is 13.0 Å². The zero-order chi connectivity index (χ0) is 12.5. The van der Waals surface area contributed by atoms with Crippen molar-refractivity contribution in [1.82, 2.24) is 4.57 Å². The van der Waals surface area contributed by atoms with Gasteiger partial charge in [0.2, 0.25) is 5.88 Å². The van der Waals surface area contributed by atoms with E-state index in [1.54, 1.807) is 6.92 Å². The third-order valence-electron chi connectivity index (χ3n) is 2.19. The lowest BCUT2D eigenvalue weighted by Gasteiger charge is -2.12. The first-order chi connectivity index (χ1) is 7.35. The molecule has 1 aromatic rings. The minimum Gasteiger partial charge on any atom is -0.493 e. The van der Waals surface area contributed by atoms with E-state index < -0.39 is 26.5 Å². The molecule has 0 saturated carbocycles. The third kappa shape index (κ3) is 2.08. The van der Waals surface area contributed by atoms with Crippen LogP contribution in [-0.2, 0) is 16.4 Å². The second kappa shape index (κ2) is 4.47. The summed E-state index contributed by atoms with van der Waals surface area (Å²) in [5, 5.41) is 9.11. The van der Waals surface area contributed by atoms with E-state index in [9.17, 15) is 18.3 Å². The van der Waals surface area contributed by atoms with E-state index in [1.807, 2.05) is 0 Å². The van der Waals surface area contributed by atoms with Crippen LogP contribution in [0.4, 0.5) is 0 Å². The van der Waals surface area contributed by atoms with Crippen molar-refractivity contribution in [2.24, 2.45) is 0 Å². The van der Waals surface area contributed by atoms with Crippen molar-refractivity contribution in [3.8, 4) is 5.88 Å². The molecule has 0 amide bonds. The SMILES string of the molecule is CCn1c(O)c(S(=O)(=O)CCl)c(C)cc1=O. The average molecular weight is 266 g/mol. The maximum atomic E-state index is 11.6. The van der Waals surface area contributed by atoms with E-state index in [-0.39, 0.29) is 17.0 Å². The van der Waals surface area contributed by atoms with Gasteiger partial charge in [0, 0.05) is 12.6 Å². The van der Waals surface area contributed by atoms with Gasteiger partial charge in [0.25, 0.3) is 5.56 Å². The topological polar surface area (TPSA) is 76.4 Å². The summed E-state index contributed by atoms with van der Waals surface area (Å²) in [5.74, 6) is -0.548. The molecule has 0 aliphatic heterocycles. The van der Waals surface area contributed by atoms with Crippen LogP contribution in [-0.4, -0.2) is 23.3 Å². The van der Waals surface area contributed by atoms with Crippen molar-refractivity contribution < 1.29 is 13.5 Å². The molecule has 0 unspecified atom stereocenters. The average Bonchev–Trinajstić information content (AvgIpc) is 2.17. The summed E-state index contributed by atoms with van der Waals surface area (Å²) in [6.07, 6.45) is 0. The molecule has 0 aromatic carbocycles. The number of aryl methyl sites for hydroxylation is 1. The first-order valence-electron chi connectivity index (χ1n) is 4.57. The van der Waals surface area contributed by atoms with E-state index in [0.29, 0.717) is 0 Å². The molecule has 0 saturated heterocycles. The van der Waals surface area contributed by atoms with E-state index in [2.05, 4.69) is 0 Å². The van der Waals surface area contributed by atoms with Crippen LogP contribution in [0.1, 0.15) is 12.5 Å². The summed E-state index contributed by atoms with van der Waals surface area (Å²) >= 11 is 5.32. The highest BCUT2D eigenvalue weighted by Gasteiger charge is 2.23. The first kappa shape index (κ1) is 13.1. The van der Waals surface area contributed by atoms with E-state index in [0.717, 1.165) is 4.57 Å². The summed E-state index contributed by atoms with van der Waals surface area (Å²) < 4.78 is 24.2. The summed E-state index contributed by atoms with van der Waals surface area (Å²) in [5.41, 5.74) is -0.237. The van der Waals surface area contributed by atoms with E-state index >= 15 is 0 Å². The maximum Gasteiger partial charge on any atom is 0.253 e. The molecule has 1 rings (SSSR count). The number of aromatic hydroxyl groups is 1. The predicted octanol–water partition coefficient (Wildman–Crippen LogP) is 0.852. The molecule has 0 bridgehead atoms. The van der Waals surface area contributed by atoms with Crippen molar-refractivity contribution in [3.63, 3.8) is 0 Å². The number of hydrogen-bond donors (Lipinski definition) is 1. The highest BCUT2D eigenvalue weighted by Crippen LogP contribution is 2.25. The highest BCUT2D eigenvalue weighted by atomic mass is 35.5. The van der Waals surface area contributed by atoms with Crippen LogP contribution in [0.15, 0.2) is 15.8 Å². The second-order valence-electron chi connectivity index (χ2n) is 3.29. The maximum absolute atomic E-state index is 11.6. The van der Waals surface area contributed by atoms with Crippen LogP contribution in [0.2, 0.25) is 0 Å². The zero-order valence-corrected chi connectivity index (χ0v) is 10.5. The number of sulfone groups is 1. The molecular weight excluding hydrogens is 254 g/mol. The normalized spacial score (nSPS) is 11.7. The van der Waals surface area contributed by atoms with Gasteiger partial charge in [-0.2, -0.15) is 0 Å². The van der Waals surface area contributed by atoms with Crippen molar-refractivity contribution in [2.75, 3.05) is 5.21 Å². The molecule has 1 heterocycles. The number of hydrogen-bond acceptors (Lipinski definition) is 4. The molecular formula is C9H12ClNO4S. The van der Waals surface area contributed by atoms with Crippen molar-refractivity contribution in [1.29, 1.82) is 0 Å². The van der Waals surface area contributed by atoms with Gasteiger partial charge in [0.05, 0.1) is 0 Å². The Labute approximate surface area is 98.2 Å². The lowest BCUT2D eigenvalue weighted by Crippen LogP contribution is -2.21. The van der Waals surface area contributed by atoms with Crippen LogP contribution >= 0.6 is 11.6 Å². The summed E-state index contributed by atoms with van der Waals surface area (Å²) in [4.78, 5) is 11.2. The van der Waals surface area contributed by atoms with E-state index in [4.69, 9.17) is 11.6 Å². The number of alkyl halides is 1. The molecule has 5 nitrogen and oxygen atoms in total. The number of aromatic nitrogens is 1. The van der Waals surface area contributed by atoms with Gasteiger partial charge >= 0.3 is 0 Å². The van der Waals surface area contributed by atoms with Gasteiger partial charge in [-0.05, 0) is 19.4 Å². The minimum absolute atomic E-state index is 0.190. The van der Waals surface area contributed by atoms with Gasteiger partial charge in [0.15, 0.2) is 9.84 Å². The third-order valence-corrected chi connectivity index (χ3v) is 4.47. The van der Waals surface area contributed by atoms with Crippen LogP contribution in [0.5, 0.6) is 5.88 Å². The number of nitrogens with zero attached hydrogens (tertiary/aromatic N) is 1. The molecule has 1 aromatic heterocycles. The largest absolute Gasteiger partial charge is 0.493 e. The van der Waals surface area contributed by atoms with Crippen LogP contribution in [0.3, 0.4) is 0 Å². The standard InChI is InChI=1S/C9H12ClNO4S/c1-3-11-7(12)4-6(2)8(9(11)13)16(14,15)5-10/h4,13H,3,5H2,1-2H3. The molecule has 0 fully saturated rings. The van der Waals surface area contributed by atoms with Crippen molar-refractivity contribution in [2.45, 2.75) is 25.3 Å². The van der Waals surface area contributed by atoms with Crippen molar-refractivity contribution >= 4 is 21.4 Å². The van der Waals surface area contributed by atoms with Gasteiger partial charge in [-0.25, -0.2) is 8.42 Å². The lowest BCUT2D eigenvalue weighted by atomic mass is 10.3. The molecule has 0 radical (unpaired) electrons. The zero-order valence-electron chi connectivity index (χ0n) is 8.90. The Hall–Kier alpha value is -1.01. The summed E-state index contributed by atoms with van der Waals surface area (Å²) in [7, 11) is -3.75. The Kier molecular flexibility index (Phi) is 3.64. The number of halogens is 1. The highest BCUT2D eigenvalue weighted by molar-refractivity contribution is 7.92. The quantitative estimate of drug-likeness (QED) is 0.822. The Morgan fingerprint density at radius 3 is 2.50 bits per heavy atom. The molecule has 16 heavy (non-hydrogen) atoms. The van der Waals surface area contributed by atoms with Crippen molar-refractivity contribution in [3.05, 3.63) is 22.0 Å². The minimum atomic E-state index is -3.75. The fourth-order valence-electron chi connectivity index (χ4n) is 1.48. The molecule has 90 valence electrons. The fourth-order valence-corrected chi connectivity index (χ4v) is 2.85. The Balaban J connectivity index is 3.72. The van der Waals surface area contributed by atoms with Gasteiger partial charge in [-0.3, -0.25) is 9.36 Å². The summed E-state index contributed by atoms with van der Waals surface area (Å²) in [6, 6.07) is 1.17. The smallest absolute Gasteiger partial charge is 0.253 e.